The van der Waals surface area contributed by atoms with Crippen LogP contribution in [-0.4, -0.2) is 48.5 Å². The van der Waals surface area contributed by atoms with Crippen LogP contribution in [0, 0.1) is 0 Å². The van der Waals surface area contributed by atoms with Gasteiger partial charge in [-0.2, -0.15) is 0 Å². The van der Waals surface area contributed by atoms with Gasteiger partial charge in [0, 0.05) is 18.8 Å². The van der Waals surface area contributed by atoms with E-state index in [1.54, 1.807) is 12.1 Å². The normalized spacial score (nSPS) is 11.0. The summed E-state index contributed by atoms with van der Waals surface area (Å²) >= 11 is 6.11. The average molecular weight is 443 g/mol. The molecule has 0 aliphatic heterocycles. The van der Waals surface area contributed by atoms with Gasteiger partial charge in [0.15, 0.2) is 11.5 Å². The summed E-state index contributed by atoms with van der Waals surface area (Å²) in [5.74, 6) is 0.374. The predicted molar refractivity (Wildman–Crippen MR) is 113 cm³/mol. The maximum Gasteiger partial charge on any atom is 0.257 e. The number of hydrogen-bond acceptors (Lipinski definition) is 6. The molecule has 1 N–H and O–H groups in total. The van der Waals surface area contributed by atoms with Crippen LogP contribution in [0.5, 0.6) is 17.2 Å². The van der Waals surface area contributed by atoms with Gasteiger partial charge in [-0.1, -0.05) is 11.6 Å². The second-order valence-corrected chi connectivity index (χ2v) is 8.59. The number of nitrogens with zero attached hydrogens (tertiary/aromatic N) is 1. The van der Waals surface area contributed by atoms with E-state index in [1.807, 2.05) is 0 Å². The molecule has 29 heavy (non-hydrogen) atoms. The third kappa shape index (κ3) is 4.86. The van der Waals surface area contributed by atoms with E-state index in [0.717, 1.165) is 4.31 Å². The maximum atomic E-state index is 13.0. The maximum absolute atomic E-state index is 13.0. The van der Waals surface area contributed by atoms with E-state index in [-0.39, 0.29) is 22.8 Å². The zero-order valence-corrected chi connectivity index (χ0v) is 18.3. The van der Waals surface area contributed by atoms with Gasteiger partial charge in [-0.25, -0.2) is 8.42 Å². The summed E-state index contributed by atoms with van der Waals surface area (Å²) in [6.45, 7) is 1.52. The van der Waals surface area contributed by atoms with Gasteiger partial charge >= 0.3 is 0 Å². The molecule has 0 radical (unpaired) electrons. The molecule has 0 aliphatic carbocycles. The van der Waals surface area contributed by atoms with Gasteiger partial charge in [-0.05, 0) is 31.2 Å². The first-order valence-electron chi connectivity index (χ1n) is 8.56. The molecule has 2 aromatic carbocycles. The first-order valence-corrected chi connectivity index (χ1v) is 10.5. The number of nitrogens with one attached hydrogen (secondary N) is 1. The molecule has 2 rings (SSSR count). The molecule has 2 aromatic rings. The Morgan fingerprint density at radius 1 is 1.03 bits per heavy atom. The van der Waals surface area contributed by atoms with E-state index in [9.17, 15) is 13.2 Å². The Hall–Kier alpha value is -2.65. The van der Waals surface area contributed by atoms with E-state index in [2.05, 4.69) is 5.32 Å². The van der Waals surface area contributed by atoms with Crippen molar-refractivity contribution in [2.75, 3.05) is 43.8 Å². The Bertz CT molecular complexity index is 1010. The second kappa shape index (κ2) is 9.23. The molecule has 0 spiro atoms. The number of hydrogen-bond donors (Lipinski definition) is 1. The van der Waals surface area contributed by atoms with Gasteiger partial charge in [0.25, 0.3) is 5.91 Å². The van der Waals surface area contributed by atoms with Crippen molar-refractivity contribution in [1.29, 1.82) is 0 Å². The van der Waals surface area contributed by atoms with Crippen LogP contribution < -0.4 is 23.8 Å². The number of benzene rings is 2. The smallest absolute Gasteiger partial charge is 0.257 e. The summed E-state index contributed by atoms with van der Waals surface area (Å²) in [7, 11) is 2.09. The molecule has 0 bridgehead atoms. The Morgan fingerprint density at radius 2 is 1.62 bits per heavy atom. The standard InChI is InChI=1S/C19H23ClN2O6S/c1-6-29(24,25)22(2)15-11-18(28-5)17(27-4)10-13(15)19(23)21-12-7-8-16(26-3)14(20)9-12/h7-11H,6H2,1-5H3,(H,21,23). The second-order valence-electron chi connectivity index (χ2n) is 5.90. The fraction of sp³-hybridized carbons (Fsp3) is 0.316. The molecule has 158 valence electrons. The lowest BCUT2D eigenvalue weighted by molar-refractivity contribution is 0.102. The monoisotopic (exact) mass is 442 g/mol. The minimum Gasteiger partial charge on any atom is -0.495 e. The molecule has 8 nitrogen and oxygen atoms in total. The lowest BCUT2D eigenvalue weighted by Gasteiger charge is -2.23. The van der Waals surface area contributed by atoms with Gasteiger partial charge in [-0.3, -0.25) is 9.10 Å². The van der Waals surface area contributed by atoms with Crippen molar-refractivity contribution in [2.24, 2.45) is 0 Å². The molecule has 0 saturated heterocycles. The Morgan fingerprint density at radius 3 is 2.14 bits per heavy atom. The van der Waals surface area contributed by atoms with Gasteiger partial charge in [0.1, 0.15) is 5.75 Å². The lowest BCUT2D eigenvalue weighted by Crippen LogP contribution is -2.30. The van der Waals surface area contributed by atoms with Crippen molar-refractivity contribution in [1.82, 2.24) is 0 Å². The average Bonchev–Trinajstić information content (AvgIpc) is 2.72. The molecule has 0 aromatic heterocycles. The summed E-state index contributed by atoms with van der Waals surface area (Å²) in [4.78, 5) is 13.0. The number of rotatable bonds is 8. The SMILES string of the molecule is CCS(=O)(=O)N(C)c1cc(OC)c(OC)cc1C(=O)Nc1ccc(OC)c(Cl)c1. The molecular formula is C19H23ClN2O6S. The number of ether oxygens (including phenoxy) is 3. The molecule has 1 amide bonds. The Balaban J connectivity index is 2.53. The fourth-order valence-corrected chi connectivity index (χ4v) is 3.69. The van der Waals surface area contributed by atoms with Gasteiger partial charge < -0.3 is 19.5 Å². The highest BCUT2D eigenvalue weighted by Crippen LogP contribution is 2.36. The summed E-state index contributed by atoms with van der Waals surface area (Å²) < 4.78 is 41.5. The molecular weight excluding hydrogens is 420 g/mol. The molecule has 0 atom stereocenters. The summed E-state index contributed by atoms with van der Waals surface area (Å²) in [5, 5.41) is 3.03. The van der Waals surface area contributed by atoms with Gasteiger partial charge in [0.05, 0.1) is 43.4 Å². The fourth-order valence-electron chi connectivity index (χ4n) is 2.60. The van der Waals surface area contributed by atoms with Crippen molar-refractivity contribution in [3.63, 3.8) is 0 Å². The highest BCUT2D eigenvalue weighted by Gasteiger charge is 2.25. The van der Waals surface area contributed by atoms with Gasteiger partial charge in [-0.15, -0.1) is 0 Å². The van der Waals surface area contributed by atoms with Crippen LogP contribution in [0.3, 0.4) is 0 Å². The van der Waals surface area contributed by atoms with Crippen molar-refractivity contribution >= 4 is 38.9 Å². The van der Waals surface area contributed by atoms with Crippen LogP contribution in [0.1, 0.15) is 17.3 Å². The van der Waals surface area contributed by atoms with Crippen LogP contribution in [0.25, 0.3) is 0 Å². The Labute approximate surface area is 175 Å². The number of anilines is 2. The third-order valence-electron chi connectivity index (χ3n) is 4.28. The first-order chi connectivity index (χ1) is 13.7. The van der Waals surface area contributed by atoms with Crippen LogP contribution in [0.15, 0.2) is 30.3 Å². The quantitative estimate of drug-likeness (QED) is 0.673. The molecule has 0 saturated carbocycles. The van der Waals surface area contributed by atoms with Crippen LogP contribution >= 0.6 is 11.6 Å². The van der Waals surface area contributed by atoms with Crippen LogP contribution in [0.4, 0.5) is 11.4 Å². The molecule has 0 unspecified atom stereocenters. The number of carbonyl (C=O) groups is 1. The largest absolute Gasteiger partial charge is 0.495 e. The van der Waals surface area contributed by atoms with Crippen LogP contribution in [0.2, 0.25) is 5.02 Å². The zero-order chi connectivity index (χ0) is 21.8. The molecule has 0 fully saturated rings. The highest BCUT2D eigenvalue weighted by molar-refractivity contribution is 7.92. The third-order valence-corrected chi connectivity index (χ3v) is 6.33. The van der Waals surface area contributed by atoms with Gasteiger partial charge in [0.2, 0.25) is 10.0 Å². The zero-order valence-electron chi connectivity index (χ0n) is 16.8. The molecule has 10 heteroatoms. The number of halogens is 1. The predicted octanol–water partition coefficient (Wildman–Crippen LogP) is 3.40. The first kappa shape index (κ1) is 22.6. The lowest BCUT2D eigenvalue weighted by atomic mass is 10.1. The van der Waals surface area contributed by atoms with E-state index in [0.29, 0.717) is 22.2 Å². The molecule has 0 heterocycles. The van der Waals surface area contributed by atoms with E-state index in [4.69, 9.17) is 25.8 Å². The van der Waals surface area contributed by atoms with Crippen molar-refractivity contribution in [3.05, 3.63) is 40.9 Å². The minimum absolute atomic E-state index is 0.0918. The van der Waals surface area contributed by atoms with E-state index in [1.165, 1.54) is 53.5 Å². The number of sulfonamides is 1. The number of methoxy groups -OCH3 is 3. The van der Waals surface area contributed by atoms with Crippen molar-refractivity contribution in [3.8, 4) is 17.2 Å². The minimum atomic E-state index is -3.62. The topological polar surface area (TPSA) is 94.2 Å². The van der Waals surface area contributed by atoms with Crippen molar-refractivity contribution < 1.29 is 27.4 Å². The number of carbonyl (C=O) groups excluding carboxylic acids is 1. The number of amides is 1. The molecule has 0 aliphatic rings. The van der Waals surface area contributed by atoms with E-state index < -0.39 is 15.9 Å². The summed E-state index contributed by atoms with van der Waals surface area (Å²) in [6.07, 6.45) is 0. The van der Waals surface area contributed by atoms with Crippen LogP contribution in [-0.2, 0) is 10.0 Å². The highest BCUT2D eigenvalue weighted by atomic mass is 35.5. The van der Waals surface area contributed by atoms with Crippen molar-refractivity contribution in [2.45, 2.75) is 6.92 Å². The summed E-state index contributed by atoms with van der Waals surface area (Å²) in [5.41, 5.74) is 0.665. The Kier molecular flexibility index (Phi) is 7.21. The van der Waals surface area contributed by atoms with E-state index >= 15 is 0 Å². The summed E-state index contributed by atoms with van der Waals surface area (Å²) in [6, 6.07) is 7.64.